The Balaban J connectivity index is 2.98. The summed E-state index contributed by atoms with van der Waals surface area (Å²) in [4.78, 5) is 11.3. The van der Waals surface area contributed by atoms with Crippen LogP contribution in [0.15, 0.2) is 15.7 Å². The number of aldehydes is 1. The molecule has 0 aliphatic carbocycles. The van der Waals surface area contributed by atoms with Crippen molar-refractivity contribution in [1.29, 1.82) is 0 Å². The molecule has 0 saturated carbocycles. The zero-order valence-electron chi connectivity index (χ0n) is 4.96. The normalized spacial score (nSPS) is 9.44. The minimum absolute atomic E-state index is 0.813. The summed E-state index contributed by atoms with van der Waals surface area (Å²) in [5.74, 6) is 0. The second-order valence-electron chi connectivity index (χ2n) is 1.51. The first-order valence-electron chi connectivity index (χ1n) is 2.44. The highest BCUT2D eigenvalue weighted by molar-refractivity contribution is 7.98. The molecule has 0 saturated heterocycles. The molecule has 0 radical (unpaired) electrons. The van der Waals surface area contributed by atoms with Gasteiger partial charge in [-0.05, 0) is 6.26 Å². The fraction of sp³-hybridized carbons (Fsp3) is 0.167. The summed E-state index contributed by atoms with van der Waals surface area (Å²) in [6.07, 6.45) is 2.86. The average molecular weight is 158 g/mol. The molecule has 1 rings (SSSR count). The maximum absolute atomic E-state index is 10.2. The minimum atomic E-state index is 0.813. The van der Waals surface area contributed by atoms with Crippen LogP contribution < -0.4 is 0 Å². The monoisotopic (exact) mass is 158 g/mol. The van der Waals surface area contributed by atoms with Gasteiger partial charge in [-0.15, -0.1) is 11.8 Å². The molecule has 0 amide bonds. The molecule has 0 N–H and O–H groups in total. The van der Waals surface area contributed by atoms with Crippen LogP contribution in [0.4, 0.5) is 0 Å². The molecule has 0 atom stereocenters. The van der Waals surface area contributed by atoms with Gasteiger partial charge >= 0.3 is 0 Å². The van der Waals surface area contributed by atoms with Crippen LogP contribution in [0.5, 0.6) is 0 Å². The van der Waals surface area contributed by atoms with E-state index in [9.17, 15) is 4.79 Å². The average Bonchev–Trinajstić information content (AvgIpc) is 2.33. The number of carbonyl (C=O) groups excluding carboxylic acids is 1. The molecule has 0 aromatic carbocycles. The molecule has 9 heavy (non-hydrogen) atoms. The van der Waals surface area contributed by atoms with Gasteiger partial charge in [0.1, 0.15) is 0 Å². The predicted molar refractivity (Wildman–Crippen MR) is 41.5 cm³/mol. The van der Waals surface area contributed by atoms with Crippen molar-refractivity contribution in [3.05, 3.63) is 16.3 Å². The van der Waals surface area contributed by atoms with E-state index < -0.39 is 0 Å². The van der Waals surface area contributed by atoms with Crippen LogP contribution >= 0.6 is 23.1 Å². The third-order valence-corrected chi connectivity index (χ3v) is 2.71. The molecule has 1 aromatic rings. The highest BCUT2D eigenvalue weighted by Crippen LogP contribution is 2.22. The molecule has 3 heteroatoms. The lowest BCUT2D eigenvalue weighted by molar-refractivity contribution is 0.112. The van der Waals surface area contributed by atoms with Gasteiger partial charge in [-0.2, -0.15) is 11.3 Å². The van der Waals surface area contributed by atoms with Gasteiger partial charge in [-0.1, -0.05) is 0 Å². The third-order valence-electron chi connectivity index (χ3n) is 1.00. The zero-order valence-corrected chi connectivity index (χ0v) is 6.59. The molecule has 1 aromatic heterocycles. The first kappa shape index (κ1) is 6.83. The summed E-state index contributed by atoms with van der Waals surface area (Å²) in [5, 5.41) is 3.84. The minimum Gasteiger partial charge on any atom is -0.298 e. The molecule has 0 fully saturated rings. The van der Waals surface area contributed by atoms with Crippen molar-refractivity contribution in [1.82, 2.24) is 0 Å². The van der Waals surface area contributed by atoms with E-state index in [1.165, 1.54) is 0 Å². The molecule has 1 heterocycles. The maximum Gasteiger partial charge on any atom is 0.152 e. The van der Waals surface area contributed by atoms with Gasteiger partial charge in [-0.25, -0.2) is 0 Å². The van der Waals surface area contributed by atoms with Crippen molar-refractivity contribution in [3.63, 3.8) is 0 Å². The van der Waals surface area contributed by atoms with E-state index in [0.29, 0.717) is 0 Å². The zero-order chi connectivity index (χ0) is 6.69. The van der Waals surface area contributed by atoms with E-state index in [1.807, 2.05) is 17.0 Å². The van der Waals surface area contributed by atoms with E-state index in [1.54, 1.807) is 23.1 Å². The van der Waals surface area contributed by atoms with E-state index in [0.717, 1.165) is 16.7 Å². The molecule has 0 aliphatic heterocycles. The topological polar surface area (TPSA) is 17.1 Å². The number of rotatable bonds is 2. The van der Waals surface area contributed by atoms with Crippen LogP contribution in [0.2, 0.25) is 0 Å². The van der Waals surface area contributed by atoms with Crippen molar-refractivity contribution in [3.8, 4) is 0 Å². The van der Waals surface area contributed by atoms with Gasteiger partial charge in [0.15, 0.2) is 6.29 Å². The van der Waals surface area contributed by atoms with Crippen LogP contribution in [0.25, 0.3) is 0 Å². The van der Waals surface area contributed by atoms with Gasteiger partial charge in [0.2, 0.25) is 0 Å². The van der Waals surface area contributed by atoms with E-state index in [-0.39, 0.29) is 0 Å². The van der Waals surface area contributed by atoms with Crippen molar-refractivity contribution >= 4 is 29.4 Å². The Kier molecular flexibility index (Phi) is 2.30. The van der Waals surface area contributed by atoms with E-state index >= 15 is 0 Å². The maximum atomic E-state index is 10.2. The van der Waals surface area contributed by atoms with Crippen LogP contribution in [-0.4, -0.2) is 12.5 Å². The highest BCUT2D eigenvalue weighted by Gasteiger charge is 1.98. The quantitative estimate of drug-likeness (QED) is 0.485. The summed E-state index contributed by atoms with van der Waals surface area (Å²) in [5.41, 5.74) is 0.813. The highest BCUT2D eigenvalue weighted by atomic mass is 32.2. The van der Waals surface area contributed by atoms with Crippen LogP contribution in [0, 0.1) is 0 Å². The fourth-order valence-corrected chi connectivity index (χ4v) is 2.17. The molecular weight excluding hydrogens is 152 g/mol. The number of hydrogen-bond donors (Lipinski definition) is 0. The van der Waals surface area contributed by atoms with Crippen molar-refractivity contribution < 1.29 is 4.79 Å². The molecule has 48 valence electrons. The second kappa shape index (κ2) is 3.03. The molecule has 0 unspecified atom stereocenters. The second-order valence-corrected chi connectivity index (χ2v) is 3.10. The third kappa shape index (κ3) is 1.34. The van der Waals surface area contributed by atoms with E-state index in [2.05, 4.69) is 0 Å². The number of carbonyl (C=O) groups is 1. The van der Waals surface area contributed by atoms with E-state index in [4.69, 9.17) is 0 Å². The van der Waals surface area contributed by atoms with Crippen LogP contribution in [-0.2, 0) is 0 Å². The summed E-state index contributed by atoms with van der Waals surface area (Å²) in [6, 6.07) is 0. The molecule has 0 aliphatic rings. The Hall–Kier alpha value is -0.280. The van der Waals surface area contributed by atoms with Crippen LogP contribution in [0.3, 0.4) is 0 Å². The smallest absolute Gasteiger partial charge is 0.152 e. The summed E-state index contributed by atoms with van der Waals surface area (Å²) >= 11 is 3.17. The summed E-state index contributed by atoms with van der Waals surface area (Å²) in [6.45, 7) is 0. The molecule has 0 bridgehead atoms. The lowest BCUT2D eigenvalue weighted by Crippen LogP contribution is -1.73. The lowest BCUT2D eigenvalue weighted by atomic mass is 10.4. The number of thioether (sulfide) groups is 1. The largest absolute Gasteiger partial charge is 0.298 e. The fourth-order valence-electron chi connectivity index (χ4n) is 0.547. The van der Waals surface area contributed by atoms with Gasteiger partial charge in [0.05, 0.1) is 0 Å². The lowest BCUT2D eigenvalue weighted by Gasteiger charge is -1.86. The summed E-state index contributed by atoms with van der Waals surface area (Å²) in [7, 11) is 0. The van der Waals surface area contributed by atoms with Crippen molar-refractivity contribution in [2.24, 2.45) is 0 Å². The summed E-state index contributed by atoms with van der Waals surface area (Å²) < 4.78 is 0. The Labute approximate surface area is 62.1 Å². The van der Waals surface area contributed by atoms with Crippen LogP contribution in [0.1, 0.15) is 10.4 Å². The van der Waals surface area contributed by atoms with Crippen molar-refractivity contribution in [2.75, 3.05) is 6.26 Å². The Morgan fingerprint density at radius 1 is 1.67 bits per heavy atom. The molecular formula is C6H6OS2. The van der Waals surface area contributed by atoms with Gasteiger partial charge in [-0.3, -0.25) is 4.79 Å². The first-order chi connectivity index (χ1) is 4.38. The first-order valence-corrected chi connectivity index (χ1v) is 4.60. The number of thiophene rings is 1. The van der Waals surface area contributed by atoms with Gasteiger partial charge in [0.25, 0.3) is 0 Å². The predicted octanol–water partition coefficient (Wildman–Crippen LogP) is 2.28. The van der Waals surface area contributed by atoms with Crippen molar-refractivity contribution in [2.45, 2.75) is 4.90 Å². The Morgan fingerprint density at radius 2 is 2.44 bits per heavy atom. The standard InChI is InChI=1S/C6H6OS2/c1-8-6-4-9-3-5(6)2-7/h2-4H,1H3. The molecule has 0 spiro atoms. The Morgan fingerprint density at radius 3 is 2.89 bits per heavy atom. The Bertz CT molecular complexity index is 205. The SMILES string of the molecule is CSc1cscc1C=O. The number of hydrogen-bond acceptors (Lipinski definition) is 3. The molecule has 1 nitrogen and oxygen atoms in total. The van der Waals surface area contributed by atoms with Gasteiger partial charge in [0, 0.05) is 21.2 Å². The van der Waals surface area contributed by atoms with Gasteiger partial charge < -0.3 is 0 Å².